The van der Waals surface area contributed by atoms with Gasteiger partial charge in [0.05, 0.1) is 30.8 Å². The first-order valence-corrected chi connectivity index (χ1v) is 39.7. The number of benzene rings is 8. The lowest BCUT2D eigenvalue weighted by atomic mass is 9.98. The Morgan fingerprint density at radius 1 is 0.288 bits per heavy atom. The maximum absolute atomic E-state index is 12.5. The zero-order valence-electron chi connectivity index (χ0n) is 65.8. The van der Waals surface area contributed by atoms with E-state index in [9.17, 15) is 77.3 Å². The number of aromatic hydroxyl groups is 2. The molecular formula is C86H92Br2O30. The summed E-state index contributed by atoms with van der Waals surface area (Å²) in [5, 5.41) is 27.7. The Kier molecular flexibility index (Phi) is 40.5. The summed E-state index contributed by atoms with van der Waals surface area (Å²) >= 11 is 6.74. The number of esters is 14. The highest BCUT2D eigenvalue weighted by molar-refractivity contribution is 9.09. The molecule has 0 saturated carbocycles. The van der Waals surface area contributed by atoms with Crippen molar-refractivity contribution in [1.29, 1.82) is 0 Å². The van der Waals surface area contributed by atoms with E-state index in [0.717, 1.165) is 97.8 Å². The molecule has 0 radical (unpaired) electrons. The number of unbranched alkanes of at least 4 members (excludes halogenated alkanes) is 4. The van der Waals surface area contributed by atoms with Crippen molar-refractivity contribution >= 4 is 159 Å². The molecule has 4 atom stereocenters. The minimum Gasteiger partial charge on any atom is -0.508 e. The van der Waals surface area contributed by atoms with Gasteiger partial charge in [0.1, 0.15) is 49.4 Å². The van der Waals surface area contributed by atoms with Crippen LogP contribution < -0.4 is 9.47 Å². The number of methoxy groups -OCH3 is 1. The van der Waals surface area contributed by atoms with Gasteiger partial charge in [-0.2, -0.15) is 0 Å². The number of carbonyl (C=O) groups excluding carboxylic acids is 14. The van der Waals surface area contributed by atoms with Crippen molar-refractivity contribution < 1.29 is 144 Å². The minimum atomic E-state index is -0.986. The summed E-state index contributed by atoms with van der Waals surface area (Å²) in [7, 11) is 1.24. The summed E-state index contributed by atoms with van der Waals surface area (Å²) in [6.07, 6.45) is 6.55. The van der Waals surface area contributed by atoms with E-state index >= 15 is 0 Å². The van der Waals surface area contributed by atoms with Gasteiger partial charge >= 0.3 is 83.6 Å². The van der Waals surface area contributed by atoms with Gasteiger partial charge in [-0.25, -0.2) is 33.6 Å². The summed E-state index contributed by atoms with van der Waals surface area (Å²) in [6.45, 7) is 2.41. The van der Waals surface area contributed by atoms with E-state index in [4.69, 9.17) is 61.6 Å². The fourth-order valence-corrected chi connectivity index (χ4v) is 11.4. The molecule has 8 rings (SSSR count). The summed E-state index contributed by atoms with van der Waals surface area (Å²) in [5.41, 5.74) is 2.71. The normalized spacial score (nSPS) is 11.7. The summed E-state index contributed by atoms with van der Waals surface area (Å²) in [4.78, 5) is 166. The molecule has 0 aliphatic heterocycles. The van der Waals surface area contributed by atoms with Crippen LogP contribution in [0.15, 0.2) is 146 Å². The average Bonchev–Trinajstić information content (AvgIpc) is 0.832. The predicted octanol–water partition coefficient (Wildman–Crippen LogP) is 12.5. The van der Waals surface area contributed by atoms with Crippen molar-refractivity contribution in [2.45, 2.75) is 116 Å². The Labute approximate surface area is 695 Å². The fourth-order valence-electron chi connectivity index (χ4n) is 10.7. The van der Waals surface area contributed by atoms with Crippen LogP contribution >= 0.6 is 31.9 Å². The van der Waals surface area contributed by atoms with Crippen LogP contribution in [0.5, 0.6) is 23.0 Å². The molecule has 0 heterocycles. The fraction of sp³-hybridized carbons (Fsp3) is 0.372. The predicted molar refractivity (Wildman–Crippen MR) is 431 cm³/mol. The SMILES string of the molecule is CC(C(=O)OCC(=O)OCC(=O)OCCOC(=O)COC(=O)COC(=O)C(C)c1ccc2cc(O)ccc2c1)c1ccc2cc(O)ccc2c1.CCC(=O)OCCOC(=O)COC(=O)COC(=O)C(C)c1ccc2cc(OC(=O)CCCCCBr)ccc2c1.COC(=O)COC(=O)C(C)c1ccc2cc(OC(=O)CCCCCBr)ccc2c1. The zero-order chi connectivity index (χ0) is 86.1. The van der Waals surface area contributed by atoms with Crippen molar-refractivity contribution in [3.63, 3.8) is 0 Å². The van der Waals surface area contributed by atoms with Crippen LogP contribution in [-0.2, 0) is 124 Å². The molecule has 8 aromatic rings. The number of halogens is 2. The molecule has 30 nitrogen and oxygen atoms in total. The number of fused-ring (bicyclic) bond motifs is 4. The number of ether oxygens (including phenoxy) is 14. The lowest BCUT2D eigenvalue weighted by molar-refractivity contribution is -0.168. The van der Waals surface area contributed by atoms with Crippen LogP contribution in [-0.4, -0.2) is 184 Å². The monoisotopic (exact) mass is 1760 g/mol. The highest BCUT2D eigenvalue weighted by Crippen LogP contribution is 2.31. The van der Waals surface area contributed by atoms with Gasteiger partial charge in [-0.05, 0) is 167 Å². The smallest absolute Gasteiger partial charge is 0.344 e. The van der Waals surface area contributed by atoms with Crippen molar-refractivity contribution in [3.05, 3.63) is 168 Å². The Balaban J connectivity index is 0.000000285. The third-order valence-electron chi connectivity index (χ3n) is 17.4. The van der Waals surface area contributed by atoms with E-state index in [0.29, 0.717) is 41.0 Å². The minimum absolute atomic E-state index is 0.0940. The van der Waals surface area contributed by atoms with Gasteiger partial charge in [0, 0.05) is 29.9 Å². The molecule has 0 amide bonds. The second kappa shape index (κ2) is 50.4. The standard InChI is InChI=1S/C36H34O14.C28H33BrO10.C22H25BrO6/c1-21(23-3-5-27-15-29(37)9-7-25(27)13-23)35(43)49-19-33(41)47-17-31(39)45-11-12-46-32(40)18-48-34(42)20-50-36(44)22(2)24-4-6-28-16-30(38)10-8-26(28)14-24;1-3-24(30)35-13-14-36-26(32)17-37-27(33)18-38-28(34)19(2)20-8-9-22-16-23(11-10-21(22)15-20)39-25(31)7-5-4-6-12-29;1-15(22(26)28-14-21(25)27-2)16-7-8-18-13-19(10-9-17(18)12-16)29-20(24)6-4-3-5-11-23/h3-10,13-16,21-22,37-38H,11-12,17-20H2,1-2H3;8-11,15-16,19H,3-7,12-14,17-18H2,1-2H3;7-10,12-13,15H,3-6,11,14H2,1-2H3. The number of hydrogen-bond donors (Lipinski definition) is 2. The van der Waals surface area contributed by atoms with Gasteiger partial charge < -0.3 is 76.5 Å². The largest absolute Gasteiger partial charge is 0.508 e. The second-order valence-corrected chi connectivity index (χ2v) is 27.8. The van der Waals surface area contributed by atoms with Gasteiger partial charge in [0.25, 0.3) is 0 Å². The molecule has 32 heteroatoms. The lowest BCUT2D eigenvalue weighted by Gasteiger charge is -2.13. The first kappa shape index (κ1) is 94.8. The van der Waals surface area contributed by atoms with E-state index in [-0.39, 0.29) is 56.3 Å². The number of alkyl halides is 2. The number of phenolic OH excluding ortho intramolecular Hbond substituents is 2. The Morgan fingerprint density at radius 2 is 0.542 bits per heavy atom. The molecule has 2 N–H and O–H groups in total. The number of phenols is 2. The van der Waals surface area contributed by atoms with E-state index in [2.05, 4.69) is 36.6 Å². The molecule has 8 aromatic carbocycles. The van der Waals surface area contributed by atoms with Gasteiger partial charge in [0.2, 0.25) is 0 Å². The molecule has 4 unspecified atom stereocenters. The molecule has 0 bridgehead atoms. The van der Waals surface area contributed by atoms with Gasteiger partial charge in [-0.1, -0.05) is 149 Å². The van der Waals surface area contributed by atoms with Crippen LogP contribution in [0.2, 0.25) is 0 Å². The van der Waals surface area contributed by atoms with Crippen LogP contribution in [0.1, 0.15) is 138 Å². The Morgan fingerprint density at radius 3 is 0.839 bits per heavy atom. The van der Waals surface area contributed by atoms with E-state index < -0.39 is 142 Å². The summed E-state index contributed by atoms with van der Waals surface area (Å²) in [6, 6.07) is 41.7. The average molecular weight is 1770 g/mol. The van der Waals surface area contributed by atoms with Crippen molar-refractivity contribution in [2.75, 3.05) is 90.4 Å². The molecule has 630 valence electrons. The third kappa shape index (κ3) is 33.6. The van der Waals surface area contributed by atoms with Crippen LogP contribution in [0.3, 0.4) is 0 Å². The first-order valence-electron chi connectivity index (χ1n) is 37.5. The molecule has 0 spiro atoms. The van der Waals surface area contributed by atoms with Crippen molar-refractivity contribution in [1.82, 2.24) is 0 Å². The maximum atomic E-state index is 12.5. The van der Waals surface area contributed by atoms with E-state index in [1.807, 2.05) is 36.4 Å². The highest BCUT2D eigenvalue weighted by Gasteiger charge is 2.25. The van der Waals surface area contributed by atoms with Crippen molar-refractivity contribution in [2.24, 2.45) is 0 Å². The number of carbonyl (C=O) groups is 14. The Hall–Kier alpha value is -12.1. The van der Waals surface area contributed by atoms with Gasteiger partial charge in [-0.3, -0.25) is 33.6 Å². The van der Waals surface area contributed by atoms with Crippen LogP contribution in [0, 0.1) is 0 Å². The molecule has 0 fully saturated rings. The molecule has 0 aliphatic rings. The van der Waals surface area contributed by atoms with E-state index in [1.54, 1.807) is 132 Å². The number of hydrogen-bond acceptors (Lipinski definition) is 30. The first-order chi connectivity index (χ1) is 56.6. The van der Waals surface area contributed by atoms with E-state index in [1.165, 1.54) is 19.2 Å². The Bertz CT molecular complexity index is 4690. The zero-order valence-corrected chi connectivity index (χ0v) is 69.0. The third-order valence-corrected chi connectivity index (χ3v) is 18.5. The number of rotatable bonds is 41. The topological polar surface area (TPSA) is 409 Å². The molecule has 0 saturated heterocycles. The maximum Gasteiger partial charge on any atom is 0.344 e. The van der Waals surface area contributed by atoms with Crippen LogP contribution in [0.4, 0.5) is 0 Å². The highest BCUT2D eigenvalue weighted by atomic mass is 79.9. The molecular weight excluding hydrogens is 1670 g/mol. The van der Waals surface area contributed by atoms with Crippen molar-refractivity contribution in [3.8, 4) is 23.0 Å². The molecule has 0 aliphatic carbocycles. The summed E-state index contributed by atoms with van der Waals surface area (Å²) < 4.78 is 68.6. The molecule has 118 heavy (non-hydrogen) atoms. The van der Waals surface area contributed by atoms with Crippen LogP contribution in [0.25, 0.3) is 43.1 Å². The molecule has 0 aromatic heterocycles. The quantitative estimate of drug-likeness (QED) is 0.0118. The van der Waals surface area contributed by atoms with Gasteiger partial charge in [-0.15, -0.1) is 0 Å². The van der Waals surface area contributed by atoms with Gasteiger partial charge in [0.15, 0.2) is 46.2 Å². The second-order valence-electron chi connectivity index (χ2n) is 26.2. The summed E-state index contributed by atoms with van der Waals surface area (Å²) in [5.74, 6) is -11.1. The lowest BCUT2D eigenvalue weighted by Crippen LogP contribution is -2.25.